The fraction of sp³-hybridized carbons (Fsp3) is 0.286. The lowest BCUT2D eigenvalue weighted by Crippen LogP contribution is -2.11. The molecule has 1 amide bonds. The van der Waals surface area contributed by atoms with Crippen molar-refractivity contribution in [1.29, 1.82) is 0 Å². The van der Waals surface area contributed by atoms with Crippen molar-refractivity contribution in [3.8, 4) is 17.1 Å². The number of carbonyl (C=O) groups excluding carboxylic acids is 1. The summed E-state index contributed by atoms with van der Waals surface area (Å²) in [6.45, 7) is 4.03. The molecular formula is C21H23N3O3. The first-order chi connectivity index (χ1) is 13.0. The molecule has 0 aliphatic rings. The molecule has 1 heterocycles. The molecule has 2 aromatic carbocycles. The van der Waals surface area contributed by atoms with Gasteiger partial charge < -0.3 is 14.6 Å². The van der Waals surface area contributed by atoms with Gasteiger partial charge in [0.15, 0.2) is 0 Å². The topological polar surface area (TPSA) is 77.2 Å². The SMILES string of the molecule is COc1ccc(-c2noc(CCCC(=O)Nc3cc(C)cc(C)c3)n2)cc1. The molecule has 1 aromatic heterocycles. The van der Waals surface area contributed by atoms with E-state index in [9.17, 15) is 4.79 Å². The van der Waals surface area contributed by atoms with Crippen molar-refractivity contribution >= 4 is 11.6 Å². The van der Waals surface area contributed by atoms with E-state index in [2.05, 4.69) is 21.5 Å². The predicted molar refractivity (Wildman–Crippen MR) is 104 cm³/mol. The van der Waals surface area contributed by atoms with Gasteiger partial charge in [0, 0.05) is 24.1 Å². The monoisotopic (exact) mass is 365 g/mol. The van der Waals surface area contributed by atoms with Crippen LogP contribution in [0.15, 0.2) is 47.0 Å². The zero-order chi connectivity index (χ0) is 19.2. The maximum atomic E-state index is 12.1. The molecule has 140 valence electrons. The minimum atomic E-state index is -0.0186. The Hall–Kier alpha value is -3.15. The normalized spacial score (nSPS) is 10.6. The Labute approximate surface area is 158 Å². The molecule has 6 heteroatoms. The number of rotatable bonds is 7. The number of aryl methyl sites for hydroxylation is 3. The van der Waals surface area contributed by atoms with Gasteiger partial charge in [0.1, 0.15) is 5.75 Å². The Morgan fingerprint density at radius 3 is 2.48 bits per heavy atom. The third kappa shape index (κ3) is 5.17. The number of amides is 1. The molecule has 0 unspecified atom stereocenters. The van der Waals surface area contributed by atoms with E-state index in [1.165, 1.54) is 0 Å². The third-order valence-corrected chi connectivity index (χ3v) is 4.12. The second kappa shape index (κ2) is 8.49. The summed E-state index contributed by atoms with van der Waals surface area (Å²) >= 11 is 0. The molecule has 0 radical (unpaired) electrons. The molecule has 0 aliphatic carbocycles. The molecule has 0 saturated heterocycles. The highest BCUT2D eigenvalue weighted by atomic mass is 16.5. The lowest BCUT2D eigenvalue weighted by Gasteiger charge is -2.07. The molecule has 27 heavy (non-hydrogen) atoms. The quantitative estimate of drug-likeness (QED) is 0.674. The Morgan fingerprint density at radius 2 is 1.81 bits per heavy atom. The van der Waals surface area contributed by atoms with Crippen LogP contribution in [0.3, 0.4) is 0 Å². The lowest BCUT2D eigenvalue weighted by atomic mass is 10.1. The Balaban J connectivity index is 1.50. The van der Waals surface area contributed by atoms with Gasteiger partial charge >= 0.3 is 0 Å². The average molecular weight is 365 g/mol. The van der Waals surface area contributed by atoms with E-state index in [0.29, 0.717) is 31.0 Å². The number of nitrogens with zero attached hydrogens (tertiary/aromatic N) is 2. The summed E-state index contributed by atoms with van der Waals surface area (Å²) in [7, 11) is 1.62. The van der Waals surface area contributed by atoms with Crippen molar-refractivity contribution in [2.75, 3.05) is 12.4 Å². The van der Waals surface area contributed by atoms with Crippen LogP contribution < -0.4 is 10.1 Å². The largest absolute Gasteiger partial charge is 0.497 e. The van der Waals surface area contributed by atoms with Crippen molar-refractivity contribution in [3.05, 3.63) is 59.5 Å². The highest BCUT2D eigenvalue weighted by Gasteiger charge is 2.10. The van der Waals surface area contributed by atoms with Crippen LogP contribution >= 0.6 is 0 Å². The summed E-state index contributed by atoms with van der Waals surface area (Å²) in [5, 5.41) is 6.93. The number of hydrogen-bond donors (Lipinski definition) is 1. The molecule has 3 rings (SSSR count). The van der Waals surface area contributed by atoms with Gasteiger partial charge in [-0.25, -0.2) is 0 Å². The summed E-state index contributed by atoms with van der Waals surface area (Å²) in [6, 6.07) is 13.5. The number of ether oxygens (including phenoxy) is 1. The van der Waals surface area contributed by atoms with Gasteiger partial charge in [0.05, 0.1) is 7.11 Å². The van der Waals surface area contributed by atoms with E-state index in [4.69, 9.17) is 9.26 Å². The van der Waals surface area contributed by atoms with Gasteiger partial charge in [0.25, 0.3) is 0 Å². The van der Waals surface area contributed by atoms with Crippen LogP contribution in [0.2, 0.25) is 0 Å². The number of benzene rings is 2. The first-order valence-corrected chi connectivity index (χ1v) is 8.88. The van der Waals surface area contributed by atoms with Crippen molar-refractivity contribution in [2.45, 2.75) is 33.1 Å². The smallest absolute Gasteiger partial charge is 0.226 e. The minimum Gasteiger partial charge on any atom is -0.497 e. The Morgan fingerprint density at radius 1 is 1.11 bits per heavy atom. The van der Waals surface area contributed by atoms with E-state index < -0.39 is 0 Å². The number of carbonyl (C=O) groups is 1. The predicted octanol–water partition coefficient (Wildman–Crippen LogP) is 4.32. The summed E-state index contributed by atoms with van der Waals surface area (Å²) in [5.41, 5.74) is 3.94. The van der Waals surface area contributed by atoms with Crippen molar-refractivity contribution in [2.24, 2.45) is 0 Å². The number of nitrogens with one attached hydrogen (secondary N) is 1. The molecule has 6 nitrogen and oxygen atoms in total. The van der Waals surface area contributed by atoms with Crippen LogP contribution in [-0.2, 0) is 11.2 Å². The van der Waals surface area contributed by atoms with Gasteiger partial charge in [0.2, 0.25) is 17.6 Å². The summed E-state index contributed by atoms with van der Waals surface area (Å²) in [4.78, 5) is 16.5. The third-order valence-electron chi connectivity index (χ3n) is 4.12. The second-order valence-corrected chi connectivity index (χ2v) is 6.52. The first kappa shape index (κ1) is 18.6. The second-order valence-electron chi connectivity index (χ2n) is 6.52. The molecule has 1 N–H and O–H groups in total. The van der Waals surface area contributed by atoms with Crippen LogP contribution in [0, 0.1) is 13.8 Å². The van der Waals surface area contributed by atoms with Gasteiger partial charge in [-0.05, 0) is 67.8 Å². The van der Waals surface area contributed by atoms with Gasteiger partial charge in [-0.15, -0.1) is 0 Å². The molecule has 0 fully saturated rings. The number of aromatic nitrogens is 2. The van der Waals surface area contributed by atoms with Gasteiger partial charge in [-0.3, -0.25) is 4.79 Å². The van der Waals surface area contributed by atoms with Crippen LogP contribution in [0.1, 0.15) is 29.9 Å². The molecule has 0 saturated carbocycles. The van der Waals surface area contributed by atoms with E-state index in [1.54, 1.807) is 7.11 Å². The Kier molecular flexibility index (Phi) is 5.86. The standard InChI is InChI=1S/C21H23N3O3/c1-14-11-15(2)13-17(12-14)22-19(25)5-4-6-20-23-21(24-27-20)16-7-9-18(26-3)10-8-16/h7-13H,4-6H2,1-3H3,(H,22,25). The zero-order valence-corrected chi connectivity index (χ0v) is 15.8. The maximum absolute atomic E-state index is 12.1. The van der Waals surface area contributed by atoms with Crippen LogP contribution in [-0.4, -0.2) is 23.2 Å². The van der Waals surface area contributed by atoms with Gasteiger partial charge in [-0.1, -0.05) is 11.2 Å². The Bertz CT molecular complexity index is 896. The summed E-state index contributed by atoms with van der Waals surface area (Å²) in [6.07, 6.45) is 1.59. The van der Waals surface area contributed by atoms with Crippen LogP contribution in [0.25, 0.3) is 11.4 Å². The molecule has 3 aromatic rings. The highest BCUT2D eigenvalue weighted by Crippen LogP contribution is 2.20. The van der Waals surface area contributed by atoms with E-state index in [0.717, 1.165) is 28.1 Å². The minimum absolute atomic E-state index is 0.0186. The zero-order valence-electron chi connectivity index (χ0n) is 15.8. The molecular weight excluding hydrogens is 342 g/mol. The number of anilines is 1. The van der Waals surface area contributed by atoms with E-state index in [-0.39, 0.29) is 5.91 Å². The van der Waals surface area contributed by atoms with E-state index in [1.807, 2.05) is 50.2 Å². The highest BCUT2D eigenvalue weighted by molar-refractivity contribution is 5.90. The fourth-order valence-corrected chi connectivity index (χ4v) is 2.88. The van der Waals surface area contributed by atoms with Crippen molar-refractivity contribution < 1.29 is 14.1 Å². The maximum Gasteiger partial charge on any atom is 0.226 e. The van der Waals surface area contributed by atoms with Crippen LogP contribution in [0.4, 0.5) is 5.69 Å². The molecule has 0 atom stereocenters. The first-order valence-electron chi connectivity index (χ1n) is 8.88. The summed E-state index contributed by atoms with van der Waals surface area (Å²) < 4.78 is 10.4. The molecule has 0 spiro atoms. The van der Waals surface area contributed by atoms with Crippen molar-refractivity contribution in [3.63, 3.8) is 0 Å². The summed E-state index contributed by atoms with van der Waals surface area (Å²) in [5.74, 6) is 1.82. The average Bonchev–Trinajstić information content (AvgIpc) is 3.10. The number of methoxy groups -OCH3 is 1. The molecule has 0 aliphatic heterocycles. The van der Waals surface area contributed by atoms with Crippen molar-refractivity contribution in [1.82, 2.24) is 10.1 Å². The molecule has 0 bridgehead atoms. The lowest BCUT2D eigenvalue weighted by molar-refractivity contribution is -0.116. The fourth-order valence-electron chi connectivity index (χ4n) is 2.88. The number of hydrogen-bond acceptors (Lipinski definition) is 5. The van der Waals surface area contributed by atoms with E-state index >= 15 is 0 Å². The van der Waals surface area contributed by atoms with Gasteiger partial charge in [-0.2, -0.15) is 4.98 Å². The van der Waals surface area contributed by atoms with Crippen LogP contribution in [0.5, 0.6) is 5.75 Å².